The molecule has 0 radical (unpaired) electrons. The Morgan fingerprint density at radius 3 is 2.71 bits per heavy atom. The van der Waals surface area contributed by atoms with E-state index in [2.05, 4.69) is 21.9 Å². The summed E-state index contributed by atoms with van der Waals surface area (Å²) in [7, 11) is 0. The largest absolute Gasteiger partial charge is 0.326 e. The van der Waals surface area contributed by atoms with Gasteiger partial charge in [-0.05, 0) is 31.2 Å². The fraction of sp³-hybridized carbons (Fsp3) is 0.562. The van der Waals surface area contributed by atoms with E-state index >= 15 is 0 Å². The van der Waals surface area contributed by atoms with Crippen LogP contribution < -0.4 is 0 Å². The van der Waals surface area contributed by atoms with Gasteiger partial charge in [-0.1, -0.05) is 36.9 Å². The first-order chi connectivity index (χ1) is 10.2. The fourth-order valence-electron chi connectivity index (χ4n) is 3.35. The Bertz CT molecular complexity index is 632. The number of hydrogen-bond donors (Lipinski definition) is 0. The van der Waals surface area contributed by atoms with Crippen LogP contribution in [0.25, 0.3) is 11.0 Å². The topological polar surface area (TPSA) is 17.8 Å². The maximum absolute atomic E-state index is 6.29. The van der Waals surface area contributed by atoms with Gasteiger partial charge >= 0.3 is 0 Å². The van der Waals surface area contributed by atoms with E-state index in [9.17, 15) is 0 Å². The molecule has 0 atom stereocenters. The van der Waals surface area contributed by atoms with E-state index in [0.717, 1.165) is 23.4 Å². The number of aromatic nitrogens is 2. The number of fused-ring (bicyclic) bond motifs is 1. The molecule has 0 spiro atoms. The van der Waals surface area contributed by atoms with Crippen LogP contribution in [0, 0.1) is 0 Å². The molecule has 1 saturated carbocycles. The highest BCUT2D eigenvalue weighted by Gasteiger charge is 2.32. The van der Waals surface area contributed by atoms with E-state index < -0.39 is 0 Å². The maximum atomic E-state index is 6.29. The minimum absolute atomic E-state index is 0.314. The first kappa shape index (κ1) is 15.5. The molecule has 1 aromatic heterocycles. The minimum atomic E-state index is 0.314. The van der Waals surface area contributed by atoms with Gasteiger partial charge in [0.15, 0.2) is 0 Å². The number of hydrogen-bond acceptors (Lipinski definition) is 2. The van der Waals surface area contributed by atoms with Gasteiger partial charge in [0.1, 0.15) is 11.3 Å². The van der Waals surface area contributed by atoms with E-state index in [1.165, 1.54) is 32.1 Å². The molecule has 0 unspecified atom stereocenters. The van der Waals surface area contributed by atoms with Gasteiger partial charge in [-0.25, -0.2) is 4.98 Å². The molecule has 21 heavy (non-hydrogen) atoms. The average Bonchev–Trinajstić information content (AvgIpc) is 2.87. The van der Waals surface area contributed by atoms with Gasteiger partial charge in [0.2, 0.25) is 0 Å². The molecule has 1 heterocycles. The quantitative estimate of drug-likeness (QED) is 0.683. The molecular formula is C16H20Cl2N2S. The smallest absolute Gasteiger partial charge is 0.124 e. The van der Waals surface area contributed by atoms with Crippen LogP contribution in [0.15, 0.2) is 18.2 Å². The Kier molecular flexibility index (Phi) is 4.72. The molecule has 0 saturated heterocycles. The van der Waals surface area contributed by atoms with Gasteiger partial charge in [0.05, 0.1) is 16.4 Å². The van der Waals surface area contributed by atoms with Gasteiger partial charge in [-0.2, -0.15) is 11.8 Å². The van der Waals surface area contributed by atoms with Gasteiger partial charge in [-0.3, -0.25) is 0 Å². The number of rotatable bonds is 4. The summed E-state index contributed by atoms with van der Waals surface area (Å²) in [6, 6.07) is 5.98. The van der Waals surface area contributed by atoms with Crippen LogP contribution in [0.1, 0.15) is 37.9 Å². The van der Waals surface area contributed by atoms with Gasteiger partial charge in [0.25, 0.3) is 0 Å². The molecule has 1 aliphatic rings. The third-order valence-corrected chi connectivity index (χ3v) is 6.52. The first-order valence-corrected chi connectivity index (χ1v) is 9.57. The van der Waals surface area contributed by atoms with Crippen molar-refractivity contribution in [3.8, 4) is 0 Å². The van der Waals surface area contributed by atoms with Crippen LogP contribution in [-0.2, 0) is 12.4 Å². The van der Waals surface area contributed by atoms with Crippen LogP contribution in [-0.4, -0.2) is 20.6 Å². The van der Waals surface area contributed by atoms with E-state index in [1.807, 2.05) is 23.9 Å². The highest BCUT2D eigenvalue weighted by atomic mass is 35.5. The molecule has 2 nitrogen and oxygen atoms in total. The SMILES string of the molecule is CSC1(Cn2c(CCl)nc3c(Cl)cccc32)CCCCC1. The van der Waals surface area contributed by atoms with Crippen LogP contribution in [0.3, 0.4) is 0 Å². The van der Waals surface area contributed by atoms with Gasteiger partial charge < -0.3 is 4.57 Å². The third-order valence-electron chi connectivity index (χ3n) is 4.57. The second-order valence-corrected chi connectivity index (χ2v) is 7.75. The molecule has 1 aromatic carbocycles. The second-order valence-electron chi connectivity index (χ2n) is 5.80. The molecule has 0 bridgehead atoms. The molecule has 1 fully saturated rings. The molecule has 3 rings (SSSR count). The van der Waals surface area contributed by atoms with Crippen molar-refractivity contribution in [2.45, 2.75) is 49.3 Å². The average molecular weight is 343 g/mol. The van der Waals surface area contributed by atoms with Crippen LogP contribution >= 0.6 is 35.0 Å². The summed E-state index contributed by atoms with van der Waals surface area (Å²) in [4.78, 5) is 4.65. The molecule has 2 aromatic rings. The maximum Gasteiger partial charge on any atom is 0.124 e. The van der Waals surface area contributed by atoms with Crippen LogP contribution in [0.4, 0.5) is 0 Å². The second kappa shape index (κ2) is 6.39. The molecular weight excluding hydrogens is 323 g/mol. The molecule has 5 heteroatoms. The number of alkyl halides is 1. The number of imidazole rings is 1. The van der Waals surface area contributed by atoms with Crippen molar-refractivity contribution in [1.29, 1.82) is 0 Å². The Morgan fingerprint density at radius 2 is 2.05 bits per heavy atom. The van der Waals surface area contributed by atoms with E-state index in [0.29, 0.717) is 15.6 Å². The van der Waals surface area contributed by atoms with Crippen molar-refractivity contribution >= 4 is 46.0 Å². The molecule has 0 N–H and O–H groups in total. The lowest BCUT2D eigenvalue weighted by Crippen LogP contribution is -2.33. The summed E-state index contributed by atoms with van der Waals surface area (Å²) < 4.78 is 2.60. The van der Waals surface area contributed by atoms with Crippen molar-refractivity contribution in [3.05, 3.63) is 29.0 Å². The van der Waals surface area contributed by atoms with Gasteiger partial charge in [-0.15, -0.1) is 11.6 Å². The van der Waals surface area contributed by atoms with Crippen LogP contribution in [0.2, 0.25) is 5.02 Å². The lowest BCUT2D eigenvalue weighted by molar-refractivity contribution is 0.359. The summed E-state index contributed by atoms with van der Waals surface area (Å²) in [5, 5.41) is 0.708. The highest BCUT2D eigenvalue weighted by molar-refractivity contribution is 8.00. The minimum Gasteiger partial charge on any atom is -0.326 e. The Balaban J connectivity index is 2.04. The van der Waals surface area contributed by atoms with Crippen molar-refractivity contribution in [1.82, 2.24) is 9.55 Å². The van der Waals surface area contributed by atoms with Crippen molar-refractivity contribution in [2.24, 2.45) is 0 Å². The third kappa shape index (κ3) is 2.93. The Hall–Kier alpha value is -0.380. The highest BCUT2D eigenvalue weighted by Crippen LogP contribution is 2.41. The zero-order valence-electron chi connectivity index (χ0n) is 12.2. The monoisotopic (exact) mass is 342 g/mol. The molecule has 0 amide bonds. The molecule has 114 valence electrons. The van der Waals surface area contributed by atoms with E-state index in [4.69, 9.17) is 23.2 Å². The number of halogens is 2. The number of benzene rings is 1. The zero-order chi connectivity index (χ0) is 14.9. The summed E-state index contributed by atoms with van der Waals surface area (Å²) in [5.41, 5.74) is 1.99. The van der Waals surface area contributed by atoms with Crippen molar-refractivity contribution in [2.75, 3.05) is 6.26 Å². The van der Waals surface area contributed by atoms with E-state index in [-0.39, 0.29) is 0 Å². The van der Waals surface area contributed by atoms with E-state index in [1.54, 1.807) is 0 Å². The predicted octanol–water partition coefficient (Wildman–Crippen LogP) is 5.49. The number of thioether (sulfide) groups is 1. The predicted molar refractivity (Wildman–Crippen MR) is 93.6 cm³/mol. The lowest BCUT2D eigenvalue weighted by atomic mass is 9.88. The Morgan fingerprint density at radius 1 is 1.29 bits per heavy atom. The number of para-hydroxylation sites is 1. The molecule has 1 aliphatic carbocycles. The van der Waals surface area contributed by atoms with Crippen molar-refractivity contribution in [3.63, 3.8) is 0 Å². The zero-order valence-corrected chi connectivity index (χ0v) is 14.6. The number of nitrogens with zero attached hydrogens (tertiary/aromatic N) is 2. The summed E-state index contributed by atoms with van der Waals surface area (Å²) in [6.45, 7) is 0.979. The normalized spacial score (nSPS) is 18.2. The standard InChI is InChI=1S/C16H20Cl2N2S/c1-21-16(8-3-2-4-9-16)11-20-13-7-5-6-12(18)15(13)19-14(20)10-17/h5-7H,2-4,8-11H2,1H3. The van der Waals surface area contributed by atoms with Crippen LogP contribution in [0.5, 0.6) is 0 Å². The van der Waals surface area contributed by atoms with Crippen molar-refractivity contribution < 1.29 is 0 Å². The Labute approximate surface area is 140 Å². The lowest BCUT2D eigenvalue weighted by Gasteiger charge is -2.36. The summed E-state index contributed by atoms with van der Waals surface area (Å²) in [5.74, 6) is 1.36. The summed E-state index contributed by atoms with van der Waals surface area (Å²) in [6.07, 6.45) is 8.79. The molecule has 0 aliphatic heterocycles. The summed E-state index contributed by atoms with van der Waals surface area (Å²) >= 11 is 14.4. The van der Waals surface area contributed by atoms with Gasteiger partial charge in [0, 0.05) is 11.3 Å². The first-order valence-electron chi connectivity index (χ1n) is 7.44. The fourth-order valence-corrected chi connectivity index (χ4v) is 4.72.